The quantitative estimate of drug-likeness (QED) is 0.777. The molecular formula is C16H13BrClNO4S. The van der Waals surface area contributed by atoms with Crippen LogP contribution in [-0.2, 0) is 14.6 Å². The van der Waals surface area contributed by atoms with Gasteiger partial charge in [-0.1, -0.05) is 39.7 Å². The number of rotatable bonds is 4. The summed E-state index contributed by atoms with van der Waals surface area (Å²) < 4.78 is 26.6. The van der Waals surface area contributed by atoms with E-state index < -0.39 is 32.5 Å². The molecule has 1 aliphatic rings. The van der Waals surface area contributed by atoms with Gasteiger partial charge in [0, 0.05) is 15.4 Å². The number of carboxylic acids is 1. The van der Waals surface area contributed by atoms with E-state index in [9.17, 15) is 18.3 Å². The van der Waals surface area contributed by atoms with Gasteiger partial charge in [-0.3, -0.25) is 4.79 Å². The van der Waals surface area contributed by atoms with Crippen LogP contribution in [0.5, 0.6) is 0 Å². The van der Waals surface area contributed by atoms with Crippen LogP contribution in [-0.4, -0.2) is 30.3 Å². The number of hydrogen-bond acceptors (Lipinski definition) is 4. The van der Waals surface area contributed by atoms with Gasteiger partial charge in [0.15, 0.2) is 9.84 Å². The largest absolute Gasteiger partial charge is 0.480 e. The van der Waals surface area contributed by atoms with Crippen LogP contribution in [0.2, 0.25) is 5.02 Å². The highest BCUT2D eigenvalue weighted by Gasteiger charge is 2.74. The first-order valence-electron chi connectivity index (χ1n) is 6.96. The predicted octanol–water partition coefficient (Wildman–Crippen LogP) is 2.82. The van der Waals surface area contributed by atoms with Gasteiger partial charge < -0.3 is 10.8 Å². The van der Waals surface area contributed by atoms with E-state index in [-0.39, 0.29) is 4.90 Å². The van der Waals surface area contributed by atoms with E-state index in [1.807, 2.05) is 0 Å². The second-order valence-corrected chi connectivity index (χ2v) is 9.11. The molecule has 5 nitrogen and oxygen atoms in total. The van der Waals surface area contributed by atoms with Gasteiger partial charge in [-0.05, 0) is 42.0 Å². The van der Waals surface area contributed by atoms with Crippen LogP contribution in [0.3, 0.4) is 0 Å². The maximum absolute atomic E-state index is 12.9. The minimum Gasteiger partial charge on any atom is -0.480 e. The summed E-state index contributed by atoms with van der Waals surface area (Å²) in [4.78, 5) is 11.7. The average molecular weight is 431 g/mol. The second kappa shape index (κ2) is 5.84. The highest BCUT2D eigenvalue weighted by atomic mass is 79.9. The smallest absolute Gasteiger partial charge is 0.325 e. The molecule has 0 amide bonds. The topological polar surface area (TPSA) is 97.5 Å². The first-order valence-corrected chi connectivity index (χ1v) is 9.68. The standard InChI is InChI=1S/C16H13BrClNO4S/c17-10-3-1-9(2-4-10)13-14(16(13,19)15(20)21)24(22,23)12-7-5-11(18)6-8-12/h1-8,13-14H,19H2,(H,20,21)/t13-,14-,16-/m0/s1. The van der Waals surface area contributed by atoms with E-state index in [4.69, 9.17) is 17.3 Å². The fourth-order valence-corrected chi connectivity index (χ4v) is 5.58. The summed E-state index contributed by atoms with van der Waals surface area (Å²) in [6, 6.07) is 12.4. The fraction of sp³-hybridized carbons (Fsp3) is 0.188. The lowest BCUT2D eigenvalue weighted by Crippen LogP contribution is -2.39. The van der Waals surface area contributed by atoms with Crippen molar-refractivity contribution in [3.8, 4) is 0 Å². The molecule has 0 saturated heterocycles. The molecule has 3 rings (SSSR count). The zero-order valence-electron chi connectivity index (χ0n) is 12.2. The number of halogens is 2. The highest BCUT2D eigenvalue weighted by Crippen LogP contribution is 2.55. The van der Waals surface area contributed by atoms with Crippen molar-refractivity contribution in [2.45, 2.75) is 21.6 Å². The normalized spacial score (nSPS) is 26.1. The lowest BCUT2D eigenvalue weighted by Gasteiger charge is -2.07. The molecule has 0 radical (unpaired) electrons. The molecule has 1 aliphatic carbocycles. The number of carboxylic acid groups (broad SMARTS) is 1. The lowest BCUT2D eigenvalue weighted by atomic mass is 10.1. The van der Waals surface area contributed by atoms with Crippen LogP contribution < -0.4 is 5.73 Å². The molecule has 2 aromatic carbocycles. The molecule has 24 heavy (non-hydrogen) atoms. The van der Waals surface area contributed by atoms with Gasteiger partial charge in [-0.2, -0.15) is 0 Å². The summed E-state index contributed by atoms with van der Waals surface area (Å²) in [5, 5.41) is 8.67. The molecule has 0 heterocycles. The Morgan fingerprint density at radius 2 is 1.67 bits per heavy atom. The molecule has 0 spiro atoms. The third-order valence-corrected chi connectivity index (χ3v) is 7.30. The summed E-state index contributed by atoms with van der Waals surface area (Å²) in [7, 11) is -3.92. The maximum atomic E-state index is 12.9. The number of hydrogen-bond donors (Lipinski definition) is 2. The summed E-state index contributed by atoms with van der Waals surface area (Å²) in [5.74, 6) is -2.15. The Balaban J connectivity index is 2.06. The Labute approximate surface area is 152 Å². The maximum Gasteiger partial charge on any atom is 0.325 e. The van der Waals surface area contributed by atoms with Crippen molar-refractivity contribution < 1.29 is 18.3 Å². The molecule has 3 atom stereocenters. The van der Waals surface area contributed by atoms with E-state index in [1.54, 1.807) is 24.3 Å². The molecule has 0 unspecified atom stereocenters. The number of aliphatic carboxylic acids is 1. The monoisotopic (exact) mass is 429 g/mol. The SMILES string of the molecule is N[C@@]1(C(=O)O)[C@@H](c2ccc(Br)cc2)[C@@H]1S(=O)(=O)c1ccc(Cl)cc1. The Morgan fingerprint density at radius 3 is 2.17 bits per heavy atom. The van der Waals surface area contributed by atoms with Crippen molar-refractivity contribution in [1.29, 1.82) is 0 Å². The van der Waals surface area contributed by atoms with Crippen molar-refractivity contribution in [1.82, 2.24) is 0 Å². The van der Waals surface area contributed by atoms with E-state index in [0.29, 0.717) is 10.6 Å². The van der Waals surface area contributed by atoms with Gasteiger partial charge in [0.1, 0.15) is 10.8 Å². The number of benzene rings is 2. The summed E-state index contributed by atoms with van der Waals surface area (Å²) in [5.41, 5.74) is 4.70. The summed E-state index contributed by atoms with van der Waals surface area (Å²) in [6.07, 6.45) is 0. The number of sulfone groups is 1. The summed E-state index contributed by atoms with van der Waals surface area (Å²) in [6.45, 7) is 0. The third-order valence-electron chi connectivity index (χ3n) is 4.26. The number of carbonyl (C=O) groups is 1. The van der Waals surface area contributed by atoms with Gasteiger partial charge >= 0.3 is 5.97 Å². The highest BCUT2D eigenvalue weighted by molar-refractivity contribution is 9.10. The Morgan fingerprint density at radius 1 is 1.12 bits per heavy atom. The second-order valence-electron chi connectivity index (χ2n) is 5.69. The molecule has 1 fully saturated rings. The Kier molecular flexibility index (Phi) is 4.24. The Hall–Kier alpha value is -1.41. The van der Waals surface area contributed by atoms with Gasteiger partial charge in [0.05, 0.1) is 4.90 Å². The van der Waals surface area contributed by atoms with E-state index in [2.05, 4.69) is 15.9 Å². The molecule has 8 heteroatoms. The van der Waals surface area contributed by atoms with Gasteiger partial charge in [0.2, 0.25) is 0 Å². The van der Waals surface area contributed by atoms with Crippen LogP contribution in [0.25, 0.3) is 0 Å². The van der Waals surface area contributed by atoms with Crippen molar-refractivity contribution >= 4 is 43.3 Å². The van der Waals surface area contributed by atoms with Crippen molar-refractivity contribution in [2.75, 3.05) is 0 Å². The molecular weight excluding hydrogens is 418 g/mol. The molecule has 1 saturated carbocycles. The molecule has 0 aromatic heterocycles. The first-order chi connectivity index (χ1) is 11.2. The minimum atomic E-state index is -3.92. The zero-order chi connectivity index (χ0) is 17.7. The predicted molar refractivity (Wildman–Crippen MR) is 93.9 cm³/mol. The molecule has 126 valence electrons. The van der Waals surface area contributed by atoms with Crippen LogP contribution in [0, 0.1) is 0 Å². The average Bonchev–Trinajstić information content (AvgIpc) is 3.17. The van der Waals surface area contributed by atoms with Crippen molar-refractivity contribution in [2.24, 2.45) is 5.73 Å². The van der Waals surface area contributed by atoms with Crippen molar-refractivity contribution in [3.63, 3.8) is 0 Å². The third kappa shape index (κ3) is 2.65. The van der Waals surface area contributed by atoms with Gasteiger partial charge in [0.25, 0.3) is 0 Å². The Bertz CT molecular complexity index is 899. The minimum absolute atomic E-state index is 0.00702. The van der Waals surface area contributed by atoms with Crippen LogP contribution in [0.4, 0.5) is 0 Å². The van der Waals surface area contributed by atoms with Gasteiger partial charge in [-0.25, -0.2) is 8.42 Å². The molecule has 0 aliphatic heterocycles. The van der Waals surface area contributed by atoms with E-state index in [0.717, 1.165) is 4.47 Å². The number of nitrogens with two attached hydrogens (primary N) is 1. The summed E-state index contributed by atoms with van der Waals surface area (Å²) >= 11 is 9.08. The van der Waals surface area contributed by atoms with Crippen LogP contribution in [0.1, 0.15) is 11.5 Å². The van der Waals surface area contributed by atoms with Crippen molar-refractivity contribution in [3.05, 3.63) is 63.6 Å². The van der Waals surface area contributed by atoms with Crippen LogP contribution >= 0.6 is 27.5 Å². The molecule has 2 aromatic rings. The zero-order valence-corrected chi connectivity index (χ0v) is 15.3. The van der Waals surface area contributed by atoms with E-state index in [1.165, 1.54) is 24.3 Å². The first kappa shape index (κ1) is 17.4. The van der Waals surface area contributed by atoms with Crippen LogP contribution in [0.15, 0.2) is 57.9 Å². The lowest BCUT2D eigenvalue weighted by molar-refractivity contribution is -0.139. The molecule has 0 bridgehead atoms. The fourth-order valence-electron chi connectivity index (χ4n) is 2.96. The van der Waals surface area contributed by atoms with Gasteiger partial charge in [-0.15, -0.1) is 0 Å². The van der Waals surface area contributed by atoms with E-state index >= 15 is 0 Å². The molecule has 3 N–H and O–H groups in total.